The fraction of sp³-hybridized carbons (Fsp3) is 0.588. The third-order valence-electron chi connectivity index (χ3n) is 4.36. The molecule has 2 heterocycles. The number of fused-ring (bicyclic) bond motifs is 1. The van der Waals surface area contributed by atoms with Crippen LogP contribution < -0.4 is 11.1 Å². The van der Waals surface area contributed by atoms with E-state index < -0.39 is 18.4 Å². The average Bonchev–Trinajstić information content (AvgIpc) is 3.36. The van der Waals surface area contributed by atoms with Crippen molar-refractivity contribution in [3.05, 3.63) is 23.0 Å². The lowest BCUT2D eigenvalue weighted by Gasteiger charge is -2.17. The maximum atomic E-state index is 13.1. The number of halogens is 2. The Labute approximate surface area is 144 Å². The molecule has 1 aliphatic carbocycles. The molecule has 6 nitrogen and oxygen atoms in total. The molecule has 1 unspecified atom stereocenters. The van der Waals surface area contributed by atoms with Crippen LogP contribution in [0.1, 0.15) is 60.3 Å². The molecule has 25 heavy (non-hydrogen) atoms. The van der Waals surface area contributed by atoms with Crippen molar-refractivity contribution in [1.29, 1.82) is 0 Å². The lowest BCUT2D eigenvalue weighted by Crippen LogP contribution is -2.41. The first kappa shape index (κ1) is 17.7. The van der Waals surface area contributed by atoms with Crippen molar-refractivity contribution >= 4 is 17.0 Å². The van der Waals surface area contributed by atoms with Gasteiger partial charge < -0.3 is 15.6 Å². The maximum absolute atomic E-state index is 13.1. The zero-order chi connectivity index (χ0) is 18.0. The summed E-state index contributed by atoms with van der Waals surface area (Å²) in [6.45, 7) is 2.06. The van der Waals surface area contributed by atoms with Crippen LogP contribution in [0.2, 0.25) is 0 Å². The molecule has 1 amide bonds. The monoisotopic (exact) mass is 352 g/mol. The molecule has 136 valence electrons. The molecule has 0 spiro atoms. The molecule has 2 aromatic heterocycles. The Hall–Kier alpha value is -2.09. The number of carbonyl (C=O) groups is 1. The number of nitrogens with one attached hydrogen (secondary N) is 1. The van der Waals surface area contributed by atoms with E-state index in [0.717, 1.165) is 25.0 Å². The molecular weight excluding hydrogens is 330 g/mol. The second-order valence-electron chi connectivity index (χ2n) is 6.42. The second kappa shape index (κ2) is 7.43. The van der Waals surface area contributed by atoms with Crippen molar-refractivity contribution in [1.82, 2.24) is 15.5 Å². The smallest absolute Gasteiger partial charge is 0.259 e. The summed E-state index contributed by atoms with van der Waals surface area (Å²) in [6.07, 6.45) is 0.785. The number of pyridine rings is 1. The number of nitrogens with two attached hydrogens (primary N) is 1. The Kier molecular flexibility index (Phi) is 5.27. The Morgan fingerprint density at radius 1 is 1.48 bits per heavy atom. The van der Waals surface area contributed by atoms with Gasteiger partial charge in [-0.05, 0) is 38.3 Å². The van der Waals surface area contributed by atoms with Crippen LogP contribution in [0.3, 0.4) is 0 Å². The number of carbonyl (C=O) groups excluding carboxylic acids is 1. The fourth-order valence-corrected chi connectivity index (χ4v) is 2.89. The zero-order valence-electron chi connectivity index (χ0n) is 14.1. The predicted octanol–water partition coefficient (Wildman–Crippen LogP) is 2.77. The van der Waals surface area contributed by atoms with Crippen LogP contribution >= 0.6 is 0 Å². The van der Waals surface area contributed by atoms with Crippen molar-refractivity contribution in [3.8, 4) is 0 Å². The Bertz CT molecular complexity index is 758. The molecular formula is C17H22F2N4O2. The van der Waals surface area contributed by atoms with Gasteiger partial charge in [0.15, 0.2) is 0 Å². The third-order valence-corrected chi connectivity index (χ3v) is 4.36. The van der Waals surface area contributed by atoms with Gasteiger partial charge in [-0.15, -0.1) is 0 Å². The molecule has 0 bridgehead atoms. The molecule has 1 atom stereocenters. The Morgan fingerprint density at radius 3 is 2.84 bits per heavy atom. The minimum atomic E-state index is -2.68. The van der Waals surface area contributed by atoms with Crippen molar-refractivity contribution < 1.29 is 18.1 Å². The summed E-state index contributed by atoms with van der Waals surface area (Å²) in [5.41, 5.74) is 7.36. The Morgan fingerprint density at radius 2 is 2.24 bits per heavy atom. The SMILES string of the molecule is CCCc1noc2nc(C3CC3)cc(C(=O)NC(CCN)C(F)F)c12. The standard InChI is InChI=1S/C17H22F2N4O2/c1-2-3-11-14-10(16(24)21-12(6-7-20)15(18)19)8-13(9-4-5-9)22-17(14)25-23-11/h8-9,12,15H,2-7,20H2,1H3,(H,21,24). The zero-order valence-corrected chi connectivity index (χ0v) is 14.1. The lowest BCUT2D eigenvalue weighted by molar-refractivity contribution is 0.0732. The number of aryl methyl sites for hydroxylation is 1. The minimum absolute atomic E-state index is 0.0125. The summed E-state index contributed by atoms with van der Waals surface area (Å²) in [6, 6.07) is 0.413. The molecule has 0 saturated heterocycles. The third kappa shape index (κ3) is 3.78. The second-order valence-corrected chi connectivity index (χ2v) is 6.42. The van der Waals surface area contributed by atoms with Gasteiger partial charge >= 0.3 is 0 Å². The molecule has 2 aromatic rings. The summed E-state index contributed by atoms with van der Waals surface area (Å²) in [5.74, 6) is -0.265. The van der Waals surface area contributed by atoms with Gasteiger partial charge in [0.25, 0.3) is 18.0 Å². The molecule has 3 rings (SSSR count). The van der Waals surface area contributed by atoms with Crippen molar-refractivity contribution in [2.24, 2.45) is 5.73 Å². The van der Waals surface area contributed by atoms with E-state index in [1.54, 1.807) is 6.07 Å². The first-order chi connectivity index (χ1) is 12.0. The van der Waals surface area contributed by atoms with Crippen molar-refractivity contribution in [2.75, 3.05) is 6.54 Å². The van der Waals surface area contributed by atoms with Crippen molar-refractivity contribution in [3.63, 3.8) is 0 Å². The first-order valence-electron chi connectivity index (χ1n) is 8.63. The number of alkyl halides is 2. The molecule has 0 aliphatic heterocycles. The van der Waals surface area contributed by atoms with Gasteiger partial charge in [-0.2, -0.15) is 0 Å². The van der Waals surface area contributed by atoms with Crippen molar-refractivity contribution in [2.45, 2.75) is 57.4 Å². The maximum Gasteiger partial charge on any atom is 0.259 e. The summed E-state index contributed by atoms with van der Waals surface area (Å²) in [4.78, 5) is 17.2. The number of nitrogens with zero attached hydrogens (tertiary/aromatic N) is 2. The normalized spacial score (nSPS) is 15.7. The van der Waals surface area contributed by atoms with Crippen LogP contribution in [0.15, 0.2) is 10.6 Å². The summed E-state index contributed by atoms with van der Waals surface area (Å²) < 4.78 is 31.5. The molecule has 1 fully saturated rings. The number of hydrogen-bond donors (Lipinski definition) is 2. The van der Waals surface area contributed by atoms with Crippen LogP contribution in [0.4, 0.5) is 8.78 Å². The molecule has 3 N–H and O–H groups in total. The quantitative estimate of drug-likeness (QED) is 0.762. The number of amides is 1. The van der Waals surface area contributed by atoms with Crippen LogP contribution in [0, 0.1) is 0 Å². The van der Waals surface area contributed by atoms with Crippen LogP contribution in [-0.4, -0.2) is 35.1 Å². The van der Waals surface area contributed by atoms with E-state index in [-0.39, 0.29) is 13.0 Å². The van der Waals surface area contributed by atoms with E-state index in [1.807, 2.05) is 6.92 Å². The van der Waals surface area contributed by atoms with E-state index in [1.165, 1.54) is 0 Å². The molecule has 8 heteroatoms. The highest BCUT2D eigenvalue weighted by molar-refractivity contribution is 6.06. The topological polar surface area (TPSA) is 94.0 Å². The summed E-state index contributed by atoms with van der Waals surface area (Å²) in [5, 5.41) is 6.94. The van der Waals surface area contributed by atoms with Gasteiger partial charge in [0, 0.05) is 11.6 Å². The van der Waals surface area contributed by atoms with E-state index in [0.29, 0.717) is 34.7 Å². The van der Waals surface area contributed by atoms with E-state index >= 15 is 0 Å². The van der Waals surface area contributed by atoms with Crippen LogP contribution in [0.25, 0.3) is 11.1 Å². The summed E-state index contributed by atoms with van der Waals surface area (Å²) in [7, 11) is 0. The minimum Gasteiger partial charge on any atom is -0.343 e. The van der Waals surface area contributed by atoms with Gasteiger partial charge in [-0.25, -0.2) is 13.8 Å². The number of hydrogen-bond acceptors (Lipinski definition) is 5. The van der Waals surface area contributed by atoms with Gasteiger partial charge in [-0.1, -0.05) is 18.5 Å². The first-order valence-corrected chi connectivity index (χ1v) is 8.63. The molecule has 1 aliphatic rings. The van der Waals surface area contributed by atoms with Gasteiger partial charge in [0.1, 0.15) is 0 Å². The van der Waals surface area contributed by atoms with Gasteiger partial charge in [0.05, 0.1) is 22.7 Å². The highest BCUT2D eigenvalue weighted by atomic mass is 19.3. The van der Waals surface area contributed by atoms with Crippen LogP contribution in [-0.2, 0) is 6.42 Å². The summed E-state index contributed by atoms with van der Waals surface area (Å²) >= 11 is 0. The lowest BCUT2D eigenvalue weighted by atomic mass is 10.0. The highest BCUT2D eigenvalue weighted by Gasteiger charge is 2.30. The average molecular weight is 352 g/mol. The Balaban J connectivity index is 1.99. The van der Waals surface area contributed by atoms with E-state index in [9.17, 15) is 13.6 Å². The molecule has 1 saturated carbocycles. The highest BCUT2D eigenvalue weighted by Crippen LogP contribution is 2.40. The fourth-order valence-electron chi connectivity index (χ4n) is 2.89. The number of rotatable bonds is 8. The van der Waals surface area contributed by atoms with E-state index in [4.69, 9.17) is 10.3 Å². The van der Waals surface area contributed by atoms with Gasteiger partial charge in [0.2, 0.25) is 0 Å². The van der Waals surface area contributed by atoms with Gasteiger partial charge in [-0.3, -0.25) is 4.79 Å². The predicted molar refractivity (Wildman–Crippen MR) is 88.7 cm³/mol. The molecule has 0 aromatic carbocycles. The van der Waals surface area contributed by atoms with Crippen LogP contribution in [0.5, 0.6) is 0 Å². The molecule has 0 radical (unpaired) electrons. The van der Waals surface area contributed by atoms with E-state index in [2.05, 4.69) is 15.5 Å². The number of aromatic nitrogens is 2. The largest absolute Gasteiger partial charge is 0.343 e.